The lowest BCUT2D eigenvalue weighted by Crippen LogP contribution is -2.33. The van der Waals surface area contributed by atoms with Gasteiger partial charge in [0, 0.05) is 19.2 Å². The van der Waals surface area contributed by atoms with Gasteiger partial charge in [0.05, 0.1) is 7.11 Å². The molecular weight excluding hydrogens is 332 g/mol. The molecule has 0 saturated carbocycles. The number of carbonyl (C=O) groups excluding carboxylic acids is 1. The van der Waals surface area contributed by atoms with Crippen molar-refractivity contribution < 1.29 is 14.3 Å². The Bertz CT molecular complexity index is 728. The molecular formula is C19H24N4O3. The van der Waals surface area contributed by atoms with Crippen LogP contribution in [0.2, 0.25) is 0 Å². The fourth-order valence-corrected chi connectivity index (χ4v) is 2.83. The van der Waals surface area contributed by atoms with Crippen molar-refractivity contribution in [1.29, 1.82) is 0 Å². The van der Waals surface area contributed by atoms with Crippen LogP contribution in [0.1, 0.15) is 19.8 Å². The summed E-state index contributed by atoms with van der Waals surface area (Å²) in [5, 5.41) is 2.76. The van der Waals surface area contributed by atoms with Crippen molar-refractivity contribution >= 4 is 17.5 Å². The molecule has 1 aromatic heterocycles. The first kappa shape index (κ1) is 18.0. The van der Waals surface area contributed by atoms with Gasteiger partial charge in [-0.15, -0.1) is 0 Å². The number of aromatic nitrogens is 2. The largest absolute Gasteiger partial charge is 0.497 e. The summed E-state index contributed by atoms with van der Waals surface area (Å²) in [5.41, 5.74) is 0. The molecule has 1 amide bonds. The Morgan fingerprint density at radius 2 is 1.88 bits per heavy atom. The maximum Gasteiger partial charge on any atom is 0.263 e. The van der Waals surface area contributed by atoms with Gasteiger partial charge >= 0.3 is 0 Å². The summed E-state index contributed by atoms with van der Waals surface area (Å²) >= 11 is 0. The summed E-state index contributed by atoms with van der Waals surface area (Å²) in [6.45, 7) is 4.14. The number of rotatable bonds is 6. The van der Waals surface area contributed by atoms with Crippen LogP contribution in [0.5, 0.6) is 11.5 Å². The van der Waals surface area contributed by atoms with Gasteiger partial charge in [-0.05, 0) is 43.0 Å². The molecule has 7 nitrogen and oxygen atoms in total. The minimum Gasteiger partial charge on any atom is -0.497 e. The second-order valence-corrected chi connectivity index (χ2v) is 6.44. The Hall–Kier alpha value is -2.83. The first-order valence-electron chi connectivity index (χ1n) is 8.78. The number of hydrogen-bond acceptors (Lipinski definition) is 6. The maximum absolute atomic E-state index is 12.1. The van der Waals surface area contributed by atoms with Gasteiger partial charge in [-0.1, -0.05) is 6.92 Å². The fraction of sp³-hybridized carbons (Fsp3) is 0.421. The average Bonchev–Trinajstić information content (AvgIpc) is 2.67. The molecule has 1 aliphatic heterocycles. The van der Waals surface area contributed by atoms with E-state index in [9.17, 15) is 4.79 Å². The smallest absolute Gasteiger partial charge is 0.263 e. The molecule has 0 bridgehead atoms. The van der Waals surface area contributed by atoms with E-state index in [1.54, 1.807) is 37.4 Å². The lowest BCUT2D eigenvalue weighted by atomic mass is 9.99. The first-order chi connectivity index (χ1) is 12.6. The highest BCUT2D eigenvalue weighted by Gasteiger charge is 2.17. The number of benzene rings is 1. The molecule has 0 spiro atoms. The number of methoxy groups -OCH3 is 1. The number of anilines is 2. The van der Waals surface area contributed by atoms with Crippen LogP contribution in [0.3, 0.4) is 0 Å². The standard InChI is InChI=1S/C19H24N4O3/c1-14-7-9-23(10-8-14)18-11-17(20-13-21-18)22-19(24)12-26-16-5-3-15(25-2)4-6-16/h3-6,11,13-14H,7-10,12H2,1-2H3,(H,20,21,22,24). The SMILES string of the molecule is COc1ccc(OCC(=O)Nc2cc(N3CCC(C)CC3)ncn2)cc1. The molecule has 1 fully saturated rings. The molecule has 3 rings (SSSR count). The molecule has 0 unspecified atom stereocenters. The van der Waals surface area contributed by atoms with E-state index < -0.39 is 0 Å². The Kier molecular flexibility index (Phi) is 5.88. The van der Waals surface area contributed by atoms with Gasteiger partial charge in [-0.3, -0.25) is 4.79 Å². The molecule has 0 atom stereocenters. The molecule has 2 heterocycles. The van der Waals surface area contributed by atoms with Crippen molar-refractivity contribution in [2.24, 2.45) is 5.92 Å². The minimum absolute atomic E-state index is 0.0904. The molecule has 1 aliphatic rings. The number of amides is 1. The summed E-state index contributed by atoms with van der Waals surface area (Å²) in [7, 11) is 1.60. The first-order valence-corrected chi connectivity index (χ1v) is 8.78. The quantitative estimate of drug-likeness (QED) is 0.858. The number of nitrogens with zero attached hydrogens (tertiary/aromatic N) is 3. The van der Waals surface area contributed by atoms with E-state index in [1.165, 1.54) is 6.33 Å². The summed E-state index contributed by atoms with van der Waals surface area (Å²) in [5.74, 6) is 3.16. The van der Waals surface area contributed by atoms with Crippen LogP contribution in [0, 0.1) is 5.92 Å². The average molecular weight is 356 g/mol. The van der Waals surface area contributed by atoms with Crippen LogP contribution in [0.4, 0.5) is 11.6 Å². The number of nitrogens with one attached hydrogen (secondary N) is 1. The topological polar surface area (TPSA) is 76.6 Å². The Balaban J connectivity index is 1.53. The van der Waals surface area contributed by atoms with Gasteiger partial charge in [0.25, 0.3) is 5.91 Å². The zero-order valence-electron chi connectivity index (χ0n) is 15.1. The monoisotopic (exact) mass is 356 g/mol. The number of hydrogen-bond donors (Lipinski definition) is 1. The van der Waals surface area contributed by atoms with Crippen molar-refractivity contribution in [1.82, 2.24) is 9.97 Å². The van der Waals surface area contributed by atoms with E-state index >= 15 is 0 Å². The normalized spacial score (nSPS) is 14.8. The third kappa shape index (κ3) is 4.84. The second kappa shape index (κ2) is 8.51. The van der Waals surface area contributed by atoms with E-state index in [0.717, 1.165) is 43.4 Å². The molecule has 0 aliphatic carbocycles. The molecule has 7 heteroatoms. The lowest BCUT2D eigenvalue weighted by Gasteiger charge is -2.31. The molecule has 2 aromatic rings. The van der Waals surface area contributed by atoms with Crippen molar-refractivity contribution in [3.63, 3.8) is 0 Å². The molecule has 1 saturated heterocycles. The summed E-state index contributed by atoms with van der Waals surface area (Å²) in [6, 6.07) is 8.88. The van der Waals surface area contributed by atoms with E-state index in [0.29, 0.717) is 11.6 Å². The fourth-order valence-electron chi connectivity index (χ4n) is 2.83. The molecule has 1 aromatic carbocycles. The van der Waals surface area contributed by atoms with Crippen LogP contribution in [-0.4, -0.2) is 42.7 Å². The van der Waals surface area contributed by atoms with Crippen molar-refractivity contribution in [2.75, 3.05) is 37.0 Å². The van der Waals surface area contributed by atoms with Gasteiger partial charge in [0.15, 0.2) is 6.61 Å². The van der Waals surface area contributed by atoms with Crippen LogP contribution >= 0.6 is 0 Å². The second-order valence-electron chi connectivity index (χ2n) is 6.44. The minimum atomic E-state index is -0.266. The van der Waals surface area contributed by atoms with Crippen LogP contribution in [-0.2, 0) is 4.79 Å². The van der Waals surface area contributed by atoms with Gasteiger partial charge in [-0.25, -0.2) is 9.97 Å². The zero-order chi connectivity index (χ0) is 18.4. The van der Waals surface area contributed by atoms with Crippen molar-refractivity contribution in [3.05, 3.63) is 36.7 Å². The number of piperidine rings is 1. The third-order valence-corrected chi connectivity index (χ3v) is 4.46. The van der Waals surface area contributed by atoms with Gasteiger partial charge in [0.2, 0.25) is 0 Å². The van der Waals surface area contributed by atoms with Crippen molar-refractivity contribution in [2.45, 2.75) is 19.8 Å². The van der Waals surface area contributed by atoms with Crippen molar-refractivity contribution in [3.8, 4) is 11.5 Å². The van der Waals surface area contributed by atoms with Crippen LogP contribution in [0.15, 0.2) is 36.7 Å². The number of carbonyl (C=O) groups is 1. The van der Waals surface area contributed by atoms with E-state index in [2.05, 4.69) is 27.1 Å². The Morgan fingerprint density at radius 1 is 1.19 bits per heavy atom. The molecule has 1 N–H and O–H groups in total. The Labute approximate surface area is 153 Å². The lowest BCUT2D eigenvalue weighted by molar-refractivity contribution is -0.118. The number of ether oxygens (including phenoxy) is 2. The van der Waals surface area contributed by atoms with Crippen LogP contribution in [0.25, 0.3) is 0 Å². The molecule has 26 heavy (non-hydrogen) atoms. The highest BCUT2D eigenvalue weighted by molar-refractivity contribution is 5.91. The molecule has 138 valence electrons. The van der Waals surface area contributed by atoms with Gasteiger partial charge in [-0.2, -0.15) is 0 Å². The van der Waals surface area contributed by atoms with Gasteiger partial charge in [0.1, 0.15) is 29.5 Å². The maximum atomic E-state index is 12.1. The predicted octanol–water partition coefficient (Wildman–Crippen LogP) is 2.74. The summed E-state index contributed by atoms with van der Waals surface area (Å²) in [6.07, 6.45) is 3.79. The highest BCUT2D eigenvalue weighted by atomic mass is 16.5. The highest BCUT2D eigenvalue weighted by Crippen LogP contribution is 2.22. The van der Waals surface area contributed by atoms with E-state index in [4.69, 9.17) is 9.47 Å². The van der Waals surface area contributed by atoms with Crippen LogP contribution < -0.4 is 19.7 Å². The van der Waals surface area contributed by atoms with Gasteiger partial charge < -0.3 is 19.7 Å². The predicted molar refractivity (Wildman–Crippen MR) is 99.8 cm³/mol. The van der Waals surface area contributed by atoms with E-state index in [1.807, 2.05) is 0 Å². The third-order valence-electron chi connectivity index (χ3n) is 4.46. The Morgan fingerprint density at radius 3 is 2.58 bits per heavy atom. The van der Waals surface area contributed by atoms with E-state index in [-0.39, 0.29) is 12.5 Å². The summed E-state index contributed by atoms with van der Waals surface area (Å²) in [4.78, 5) is 22.8. The zero-order valence-corrected chi connectivity index (χ0v) is 15.1. The molecule has 0 radical (unpaired) electrons. The summed E-state index contributed by atoms with van der Waals surface area (Å²) < 4.78 is 10.6.